The zero-order chi connectivity index (χ0) is 20.7. The van der Waals surface area contributed by atoms with Gasteiger partial charge in [0, 0.05) is 23.7 Å². The van der Waals surface area contributed by atoms with Gasteiger partial charge in [-0.1, -0.05) is 18.2 Å². The Bertz CT molecular complexity index is 1090. The number of hydrogen-bond donors (Lipinski definition) is 1. The van der Waals surface area contributed by atoms with Gasteiger partial charge >= 0.3 is 12.6 Å². The number of fused-ring (bicyclic) bond motifs is 3. The van der Waals surface area contributed by atoms with Gasteiger partial charge in [-0.15, -0.1) is 0 Å². The Morgan fingerprint density at radius 1 is 1.38 bits per heavy atom. The summed E-state index contributed by atoms with van der Waals surface area (Å²) in [4.78, 5) is 15.4. The summed E-state index contributed by atoms with van der Waals surface area (Å²) in [5.41, 5.74) is 1.84. The van der Waals surface area contributed by atoms with Gasteiger partial charge in [0.05, 0.1) is 15.9 Å². The summed E-state index contributed by atoms with van der Waals surface area (Å²) in [5, 5.41) is 8.95. The molecule has 2 atom stereocenters. The molecule has 3 aromatic rings. The van der Waals surface area contributed by atoms with Crippen molar-refractivity contribution in [1.29, 1.82) is 0 Å². The second kappa shape index (κ2) is 7.68. The molecule has 0 spiro atoms. The Hall–Kier alpha value is -2.59. The molecule has 0 bridgehead atoms. The molecule has 2 unspecified atom stereocenters. The third-order valence-electron chi connectivity index (χ3n) is 4.73. The highest BCUT2D eigenvalue weighted by molar-refractivity contribution is 9.10. The first-order valence-corrected chi connectivity index (χ1v) is 9.38. The van der Waals surface area contributed by atoms with E-state index in [1.54, 1.807) is 22.6 Å². The molecule has 1 aromatic carbocycles. The molecular weight excluding hydrogens is 457 g/mol. The van der Waals surface area contributed by atoms with Crippen LogP contribution in [0, 0.1) is 5.82 Å². The molecule has 0 fully saturated rings. The molecule has 1 aliphatic rings. The average Bonchev–Trinajstić information content (AvgIpc) is 3.18. The van der Waals surface area contributed by atoms with Crippen LogP contribution < -0.4 is 4.74 Å². The van der Waals surface area contributed by atoms with Crippen LogP contribution in [0.2, 0.25) is 0 Å². The number of aliphatic carboxylic acids is 1. The minimum absolute atomic E-state index is 0.00784. The lowest BCUT2D eigenvalue weighted by atomic mass is 9.95. The third kappa shape index (κ3) is 3.69. The molecule has 0 saturated carbocycles. The number of carboxylic acid groups (broad SMARTS) is 1. The SMILES string of the molecule is O=C(O)COC1CC(c2ccccc2OC(F)F)c2c1nc1cc(F)c(Br)cn21. The van der Waals surface area contributed by atoms with Crippen molar-refractivity contribution in [2.75, 3.05) is 6.61 Å². The highest BCUT2D eigenvalue weighted by Gasteiger charge is 2.39. The van der Waals surface area contributed by atoms with Crippen molar-refractivity contribution in [2.24, 2.45) is 0 Å². The van der Waals surface area contributed by atoms with Crippen LogP contribution in [0.5, 0.6) is 5.75 Å². The van der Waals surface area contributed by atoms with E-state index in [1.807, 2.05) is 0 Å². The first-order chi connectivity index (χ1) is 13.8. The molecule has 2 heterocycles. The first kappa shape index (κ1) is 19.7. The van der Waals surface area contributed by atoms with Gasteiger partial charge in [-0.25, -0.2) is 14.2 Å². The number of nitrogens with zero attached hydrogens (tertiary/aromatic N) is 2. The minimum atomic E-state index is -3.00. The van der Waals surface area contributed by atoms with E-state index in [9.17, 15) is 18.0 Å². The van der Waals surface area contributed by atoms with Crippen LogP contribution in [0.25, 0.3) is 5.65 Å². The van der Waals surface area contributed by atoms with Gasteiger partial charge in [-0.3, -0.25) is 0 Å². The fourth-order valence-corrected chi connectivity index (χ4v) is 3.98. The number of ether oxygens (including phenoxy) is 2. The van der Waals surface area contributed by atoms with Crippen molar-refractivity contribution in [2.45, 2.75) is 25.1 Å². The van der Waals surface area contributed by atoms with Crippen LogP contribution >= 0.6 is 15.9 Å². The molecule has 152 valence electrons. The molecule has 10 heteroatoms. The number of benzene rings is 1. The molecule has 0 amide bonds. The van der Waals surface area contributed by atoms with Gasteiger partial charge in [0.2, 0.25) is 0 Å². The van der Waals surface area contributed by atoms with Crippen molar-refractivity contribution in [1.82, 2.24) is 9.38 Å². The summed E-state index contributed by atoms with van der Waals surface area (Å²) in [6.07, 6.45) is 1.10. The van der Waals surface area contributed by atoms with Crippen LogP contribution in [-0.4, -0.2) is 33.7 Å². The quantitative estimate of drug-likeness (QED) is 0.573. The molecule has 4 rings (SSSR count). The predicted octanol–water partition coefficient (Wildman–Crippen LogP) is 4.52. The Kier molecular flexibility index (Phi) is 5.22. The summed E-state index contributed by atoms with van der Waals surface area (Å²) in [5.74, 6) is -2.12. The van der Waals surface area contributed by atoms with Crippen LogP contribution in [-0.2, 0) is 9.53 Å². The Morgan fingerprint density at radius 2 is 2.14 bits per heavy atom. The van der Waals surface area contributed by atoms with Crippen LogP contribution in [0.15, 0.2) is 41.0 Å². The molecule has 0 aliphatic heterocycles. The van der Waals surface area contributed by atoms with Crippen molar-refractivity contribution in [3.8, 4) is 5.75 Å². The van der Waals surface area contributed by atoms with Crippen LogP contribution in [0.4, 0.5) is 13.2 Å². The Morgan fingerprint density at radius 3 is 2.86 bits per heavy atom. The Balaban J connectivity index is 1.85. The molecule has 0 radical (unpaired) electrons. The van der Waals surface area contributed by atoms with E-state index in [0.717, 1.165) is 0 Å². The summed E-state index contributed by atoms with van der Waals surface area (Å²) in [7, 11) is 0. The number of rotatable bonds is 6. The predicted molar refractivity (Wildman–Crippen MR) is 98.7 cm³/mol. The van der Waals surface area contributed by atoms with E-state index in [1.165, 1.54) is 18.3 Å². The number of para-hydroxylation sites is 1. The average molecular weight is 471 g/mol. The topological polar surface area (TPSA) is 73.1 Å². The van der Waals surface area contributed by atoms with Crippen molar-refractivity contribution in [3.05, 3.63) is 63.8 Å². The standard InChI is InChI=1S/C19H14BrF3N2O4/c20-11-7-25-15(6-12(11)21)24-17-14(28-8-16(26)27)5-10(18(17)25)9-3-1-2-4-13(9)29-19(22)23/h1-4,6-7,10,14,19H,5,8H2,(H,26,27). The molecule has 1 aliphatic carbocycles. The van der Waals surface area contributed by atoms with E-state index in [4.69, 9.17) is 9.84 Å². The molecular formula is C19H14BrF3N2O4. The van der Waals surface area contributed by atoms with Crippen LogP contribution in [0.3, 0.4) is 0 Å². The summed E-state index contributed by atoms with van der Waals surface area (Å²) < 4.78 is 51.8. The van der Waals surface area contributed by atoms with Crippen molar-refractivity contribution >= 4 is 27.5 Å². The van der Waals surface area contributed by atoms with E-state index in [-0.39, 0.29) is 16.6 Å². The number of halogens is 4. The molecule has 29 heavy (non-hydrogen) atoms. The fourth-order valence-electron chi connectivity index (χ4n) is 3.66. The van der Waals surface area contributed by atoms with Gasteiger partial charge in [-0.05, 0) is 28.4 Å². The number of carboxylic acids is 1. The van der Waals surface area contributed by atoms with Gasteiger partial charge < -0.3 is 19.0 Å². The molecule has 0 saturated heterocycles. The second-order valence-electron chi connectivity index (χ2n) is 6.48. The third-order valence-corrected chi connectivity index (χ3v) is 5.32. The highest BCUT2D eigenvalue weighted by atomic mass is 79.9. The normalized spacial score (nSPS) is 18.4. The monoisotopic (exact) mass is 470 g/mol. The minimum Gasteiger partial charge on any atom is -0.480 e. The van der Waals surface area contributed by atoms with Gasteiger partial charge in [0.1, 0.15) is 29.9 Å². The lowest BCUT2D eigenvalue weighted by molar-refractivity contribution is -0.144. The highest BCUT2D eigenvalue weighted by Crippen LogP contribution is 2.48. The summed E-state index contributed by atoms with van der Waals surface area (Å²) >= 11 is 3.14. The first-order valence-electron chi connectivity index (χ1n) is 8.59. The maximum atomic E-state index is 14.0. The number of alkyl halides is 2. The molecule has 6 nitrogen and oxygen atoms in total. The van der Waals surface area contributed by atoms with E-state index < -0.39 is 37.0 Å². The Labute approximate surface area is 171 Å². The number of aromatic nitrogens is 2. The van der Waals surface area contributed by atoms with Crippen molar-refractivity contribution in [3.63, 3.8) is 0 Å². The van der Waals surface area contributed by atoms with Crippen molar-refractivity contribution < 1.29 is 32.5 Å². The fraction of sp³-hybridized carbons (Fsp3) is 0.263. The van der Waals surface area contributed by atoms with Gasteiger partial charge in [0.15, 0.2) is 0 Å². The largest absolute Gasteiger partial charge is 0.480 e. The van der Waals surface area contributed by atoms with Gasteiger partial charge in [0.25, 0.3) is 0 Å². The van der Waals surface area contributed by atoms with E-state index in [2.05, 4.69) is 25.7 Å². The number of hydrogen-bond acceptors (Lipinski definition) is 4. The zero-order valence-corrected chi connectivity index (χ0v) is 16.3. The van der Waals surface area contributed by atoms with E-state index in [0.29, 0.717) is 22.6 Å². The second-order valence-corrected chi connectivity index (χ2v) is 7.33. The smallest absolute Gasteiger partial charge is 0.387 e. The molecule has 2 aromatic heterocycles. The van der Waals surface area contributed by atoms with Crippen LogP contribution in [0.1, 0.15) is 35.4 Å². The number of imidazole rings is 1. The lowest BCUT2D eigenvalue weighted by Crippen LogP contribution is -2.11. The zero-order valence-electron chi connectivity index (χ0n) is 14.7. The van der Waals surface area contributed by atoms with Gasteiger partial charge in [-0.2, -0.15) is 8.78 Å². The lowest BCUT2D eigenvalue weighted by Gasteiger charge is -2.18. The number of carbonyl (C=O) groups is 1. The molecule has 1 N–H and O–H groups in total. The number of pyridine rings is 1. The maximum absolute atomic E-state index is 14.0. The van der Waals surface area contributed by atoms with E-state index >= 15 is 0 Å². The summed E-state index contributed by atoms with van der Waals surface area (Å²) in [6.45, 7) is -3.54. The maximum Gasteiger partial charge on any atom is 0.387 e. The summed E-state index contributed by atoms with van der Waals surface area (Å²) in [6, 6.07) is 7.60.